The highest BCUT2D eigenvalue weighted by Gasteiger charge is 2.30. The minimum atomic E-state index is -1.27. The van der Waals surface area contributed by atoms with Crippen molar-refractivity contribution in [2.45, 2.75) is 64.7 Å². The highest BCUT2D eigenvalue weighted by atomic mass is 16.4. The lowest BCUT2D eigenvalue weighted by atomic mass is 10.0. The Balaban J connectivity index is 2.88. The number of nitriles is 1. The molecule has 12 nitrogen and oxygen atoms in total. The molecule has 1 aromatic carbocycles. The Hall–Kier alpha value is -4.14. The van der Waals surface area contributed by atoms with Crippen molar-refractivity contribution in [1.29, 1.82) is 5.26 Å². The molecule has 0 aliphatic rings. The van der Waals surface area contributed by atoms with Crippen molar-refractivity contribution >= 4 is 29.6 Å². The van der Waals surface area contributed by atoms with E-state index in [4.69, 9.17) is 10.4 Å². The van der Waals surface area contributed by atoms with E-state index in [1.54, 1.807) is 32.0 Å². The number of aromatic hydroxyl groups is 1. The van der Waals surface area contributed by atoms with Gasteiger partial charge in [0, 0.05) is 13.3 Å². The van der Waals surface area contributed by atoms with Crippen molar-refractivity contribution in [1.82, 2.24) is 21.3 Å². The summed E-state index contributed by atoms with van der Waals surface area (Å²) in [5, 5.41) is 37.0. The average Bonchev–Trinajstić information content (AvgIpc) is 2.76. The molecule has 0 saturated carbocycles. The number of benzene rings is 1. The lowest BCUT2D eigenvalue weighted by molar-refractivity contribution is -0.137. The van der Waals surface area contributed by atoms with Crippen LogP contribution in [0, 0.1) is 17.2 Å². The summed E-state index contributed by atoms with van der Waals surface area (Å²) in [4.78, 5) is 60.5. The van der Waals surface area contributed by atoms with Gasteiger partial charge in [-0.05, 0) is 30.5 Å². The normalized spacial score (nSPS) is 13.9. The molecule has 190 valence electrons. The van der Waals surface area contributed by atoms with E-state index in [-0.39, 0.29) is 18.1 Å². The number of carboxylic acid groups (broad SMARTS) is 1. The number of carboxylic acids is 1. The minimum Gasteiger partial charge on any atom is -0.508 e. The van der Waals surface area contributed by atoms with Crippen LogP contribution in [0.15, 0.2) is 24.3 Å². The second-order valence-electron chi connectivity index (χ2n) is 8.37. The quantitative estimate of drug-likeness (QED) is 0.227. The van der Waals surface area contributed by atoms with E-state index in [0.717, 1.165) is 0 Å². The molecule has 0 aromatic heterocycles. The first-order valence-corrected chi connectivity index (χ1v) is 10.9. The molecule has 12 heteroatoms. The number of rotatable bonds is 12. The number of phenols is 1. The van der Waals surface area contributed by atoms with Crippen LogP contribution in [-0.4, -0.2) is 64.0 Å². The van der Waals surface area contributed by atoms with Gasteiger partial charge in [0.1, 0.15) is 29.9 Å². The smallest absolute Gasteiger partial charge is 0.306 e. The zero-order valence-electron chi connectivity index (χ0n) is 20.0. The monoisotopic (exact) mass is 489 g/mol. The number of carbonyl (C=O) groups is 5. The minimum absolute atomic E-state index is 0.0491. The fourth-order valence-electron chi connectivity index (χ4n) is 3.08. The largest absolute Gasteiger partial charge is 0.508 e. The molecular formula is C23H31N5O7. The molecule has 1 rings (SSSR count). The maximum absolute atomic E-state index is 12.9. The molecule has 0 aliphatic heterocycles. The summed E-state index contributed by atoms with van der Waals surface area (Å²) in [6.45, 7) is 5.97. The molecule has 6 N–H and O–H groups in total. The summed E-state index contributed by atoms with van der Waals surface area (Å²) < 4.78 is 0. The number of nitrogens with zero attached hydrogens (tertiary/aromatic N) is 1. The van der Waals surface area contributed by atoms with Crippen molar-refractivity contribution in [3.8, 4) is 11.8 Å². The number of aliphatic carboxylic acids is 1. The van der Waals surface area contributed by atoms with Crippen molar-refractivity contribution in [2.75, 3.05) is 0 Å². The summed E-state index contributed by atoms with van der Waals surface area (Å²) >= 11 is 0. The van der Waals surface area contributed by atoms with Crippen LogP contribution in [0.5, 0.6) is 5.75 Å². The molecule has 0 heterocycles. The topological polar surface area (TPSA) is 198 Å². The van der Waals surface area contributed by atoms with Gasteiger partial charge >= 0.3 is 5.97 Å². The van der Waals surface area contributed by atoms with Gasteiger partial charge in [0.2, 0.25) is 23.6 Å². The van der Waals surface area contributed by atoms with E-state index in [0.29, 0.717) is 5.56 Å². The third-order valence-electron chi connectivity index (χ3n) is 4.92. The predicted molar refractivity (Wildman–Crippen MR) is 124 cm³/mol. The van der Waals surface area contributed by atoms with Crippen LogP contribution in [0.2, 0.25) is 0 Å². The van der Waals surface area contributed by atoms with Gasteiger partial charge in [-0.3, -0.25) is 24.0 Å². The Bertz CT molecular complexity index is 971. The maximum Gasteiger partial charge on any atom is 0.306 e. The number of phenolic OH excluding ortho intramolecular Hbond substituents is 1. The molecule has 0 spiro atoms. The number of hydrogen-bond acceptors (Lipinski definition) is 7. The highest BCUT2D eigenvalue weighted by Crippen LogP contribution is 2.12. The Morgan fingerprint density at radius 3 is 2.00 bits per heavy atom. The third-order valence-corrected chi connectivity index (χ3v) is 4.92. The third kappa shape index (κ3) is 10.1. The average molecular weight is 490 g/mol. The van der Waals surface area contributed by atoms with Gasteiger partial charge in [0.25, 0.3) is 0 Å². The van der Waals surface area contributed by atoms with Crippen molar-refractivity contribution < 1.29 is 34.2 Å². The molecule has 0 fully saturated rings. The van der Waals surface area contributed by atoms with E-state index in [1.807, 2.05) is 0 Å². The first-order chi connectivity index (χ1) is 16.3. The zero-order valence-corrected chi connectivity index (χ0v) is 20.0. The van der Waals surface area contributed by atoms with Gasteiger partial charge < -0.3 is 31.5 Å². The number of amides is 4. The maximum atomic E-state index is 12.9. The second kappa shape index (κ2) is 13.5. The fraction of sp³-hybridized carbons (Fsp3) is 0.478. The van der Waals surface area contributed by atoms with E-state index in [9.17, 15) is 29.1 Å². The van der Waals surface area contributed by atoms with Crippen LogP contribution in [0.25, 0.3) is 0 Å². The molecule has 0 unspecified atom stereocenters. The van der Waals surface area contributed by atoms with Crippen LogP contribution < -0.4 is 21.3 Å². The molecule has 4 atom stereocenters. The van der Waals surface area contributed by atoms with Crippen molar-refractivity contribution in [2.24, 2.45) is 5.92 Å². The van der Waals surface area contributed by atoms with Gasteiger partial charge in [0.15, 0.2) is 0 Å². The molecule has 35 heavy (non-hydrogen) atoms. The summed E-state index contributed by atoms with van der Waals surface area (Å²) in [6, 6.07) is 3.31. The molecular weight excluding hydrogens is 458 g/mol. The van der Waals surface area contributed by atoms with Crippen molar-refractivity contribution in [3.63, 3.8) is 0 Å². The Labute approximate surface area is 203 Å². The van der Waals surface area contributed by atoms with Crippen LogP contribution in [0.3, 0.4) is 0 Å². The molecule has 0 bridgehead atoms. The lowest BCUT2D eigenvalue weighted by Crippen LogP contribution is -2.58. The number of carbonyl (C=O) groups excluding carboxylic acids is 4. The van der Waals surface area contributed by atoms with Gasteiger partial charge in [-0.15, -0.1) is 0 Å². The molecule has 0 aliphatic carbocycles. The summed E-state index contributed by atoms with van der Waals surface area (Å²) in [6.07, 6.45) is -0.491. The Morgan fingerprint density at radius 1 is 0.914 bits per heavy atom. The van der Waals surface area contributed by atoms with Crippen LogP contribution in [0.1, 0.15) is 39.7 Å². The highest BCUT2D eigenvalue weighted by molar-refractivity contribution is 5.94. The van der Waals surface area contributed by atoms with E-state index in [2.05, 4.69) is 21.3 Å². The SMILES string of the molecule is CC(=O)N[C@@H](Cc1ccc(O)cc1)C(=O)N[C@H](C(=O)N[C@@H](C)C(=O)N[C@H](C#N)CC(=O)O)C(C)C. The summed E-state index contributed by atoms with van der Waals surface area (Å²) in [5.41, 5.74) is 0.668. The molecule has 0 radical (unpaired) electrons. The van der Waals surface area contributed by atoms with Gasteiger partial charge in [-0.1, -0.05) is 26.0 Å². The van der Waals surface area contributed by atoms with Crippen LogP contribution in [-0.2, 0) is 30.4 Å². The Morgan fingerprint density at radius 2 is 1.51 bits per heavy atom. The van der Waals surface area contributed by atoms with Gasteiger partial charge in [-0.2, -0.15) is 5.26 Å². The summed E-state index contributed by atoms with van der Waals surface area (Å²) in [5.74, 6) is -4.11. The predicted octanol–water partition coefficient (Wildman–Crippen LogP) is -0.432. The second-order valence-corrected chi connectivity index (χ2v) is 8.37. The number of nitrogens with one attached hydrogen (secondary N) is 4. The lowest BCUT2D eigenvalue weighted by Gasteiger charge is -2.26. The van der Waals surface area contributed by atoms with E-state index in [1.165, 1.54) is 26.0 Å². The van der Waals surface area contributed by atoms with E-state index < -0.39 is 60.2 Å². The molecule has 1 aromatic rings. The molecule has 0 saturated heterocycles. The molecule has 4 amide bonds. The standard InChI is InChI=1S/C23H31N5O7/c1-12(2)20(23(35)25-13(3)21(33)27-16(11-24)10-19(31)32)28-22(34)18(26-14(4)29)9-15-5-7-17(30)8-6-15/h5-8,12-13,16,18,20,30H,9-10H2,1-4H3,(H,25,35)(H,26,29)(H,27,33)(H,28,34)(H,31,32)/t13-,16-,18-,20-/m0/s1. The van der Waals surface area contributed by atoms with Crippen LogP contribution in [0.4, 0.5) is 0 Å². The first-order valence-electron chi connectivity index (χ1n) is 10.9. The van der Waals surface area contributed by atoms with Crippen LogP contribution >= 0.6 is 0 Å². The van der Waals surface area contributed by atoms with E-state index >= 15 is 0 Å². The van der Waals surface area contributed by atoms with Crippen molar-refractivity contribution in [3.05, 3.63) is 29.8 Å². The Kier molecular flexibility index (Phi) is 11.2. The number of hydrogen-bond donors (Lipinski definition) is 6. The van der Waals surface area contributed by atoms with Gasteiger partial charge in [-0.25, -0.2) is 0 Å². The first kappa shape index (κ1) is 28.9. The fourth-order valence-corrected chi connectivity index (χ4v) is 3.08. The summed E-state index contributed by atoms with van der Waals surface area (Å²) in [7, 11) is 0. The zero-order chi connectivity index (χ0) is 26.7. The van der Waals surface area contributed by atoms with Gasteiger partial charge in [0.05, 0.1) is 12.5 Å².